The Morgan fingerprint density at radius 1 is 0.658 bits per heavy atom. The highest BCUT2D eigenvalue weighted by molar-refractivity contribution is 6.32. The molecule has 0 aliphatic carbocycles. The molecule has 5 aromatic carbocycles. The van der Waals surface area contributed by atoms with Gasteiger partial charge in [0, 0.05) is 46.7 Å². The second kappa shape index (κ2) is 33.2. The highest BCUT2D eigenvalue weighted by Crippen LogP contribution is 2.50. The molecular formula is C73H88Cl2N10O26. The van der Waals surface area contributed by atoms with E-state index in [1.807, 2.05) is 13.8 Å². The molecule has 22 atom stereocenters. The molecular weight excluding hydrogens is 1500 g/mol. The molecule has 13 unspecified atom stereocenters. The average Bonchev–Trinajstić information content (AvgIpc) is 0.763. The number of aliphatic hydroxyl groups excluding tert-OH is 6. The van der Waals surface area contributed by atoms with Crippen LogP contribution in [0.2, 0.25) is 10.0 Å². The van der Waals surface area contributed by atoms with Crippen LogP contribution >= 0.6 is 23.2 Å². The molecule has 3 fully saturated rings. The van der Waals surface area contributed by atoms with Crippen molar-refractivity contribution in [2.24, 2.45) is 23.1 Å². The fraction of sp³-hybridized carbons (Fsp3) is 0.479. The fourth-order valence-corrected chi connectivity index (χ4v) is 14.7. The van der Waals surface area contributed by atoms with Crippen LogP contribution in [-0.2, 0) is 62.0 Å². The van der Waals surface area contributed by atoms with Crippen molar-refractivity contribution >= 4 is 70.5 Å². The fourth-order valence-electron chi connectivity index (χ4n) is 14.3. The highest BCUT2D eigenvalue weighted by atomic mass is 35.5. The van der Waals surface area contributed by atoms with Crippen LogP contribution < -0.4 is 68.6 Å². The van der Waals surface area contributed by atoms with Gasteiger partial charge in [0.15, 0.2) is 36.2 Å². The number of nitrogens with two attached hydrogens (primary N) is 3. The van der Waals surface area contributed by atoms with Gasteiger partial charge in [-0.15, -0.1) is 0 Å². The Morgan fingerprint density at radius 2 is 1.23 bits per heavy atom. The molecule has 111 heavy (non-hydrogen) atoms. The number of phenols is 3. The number of hydrogen-bond donors (Lipinski definition) is 20. The summed E-state index contributed by atoms with van der Waals surface area (Å²) in [5.41, 5.74) is 13.3. The quantitative estimate of drug-likeness (QED) is 0.0672. The van der Waals surface area contributed by atoms with E-state index in [1.165, 1.54) is 65.1 Å². The number of likely N-dealkylation sites (N-methyl/N-ethyl adjacent to an activating group) is 1. The monoisotopic (exact) mass is 1590 g/mol. The Labute approximate surface area is 643 Å². The first-order valence-corrected chi connectivity index (χ1v) is 36.1. The summed E-state index contributed by atoms with van der Waals surface area (Å²) in [5, 5.41) is 131. The van der Waals surface area contributed by atoms with Crippen LogP contribution in [-0.4, -0.2) is 215 Å². The number of amides is 7. The van der Waals surface area contributed by atoms with E-state index in [1.54, 1.807) is 0 Å². The number of aliphatic hydroxyl groups is 6. The van der Waals surface area contributed by atoms with Gasteiger partial charge in [-0.2, -0.15) is 0 Å². The van der Waals surface area contributed by atoms with Crippen molar-refractivity contribution in [1.29, 1.82) is 0 Å². The standard InChI is InChI=1S/C73H88Cl2N10O26/c1-26(2)14-38(79-7)64(96)84-54-56(91)30-9-12-42(36(74)16-30)106-44-18-32-19-45(60(44)111-71-61(58(93)57(92)46(25-86)108-71)110-49-24-73(6,78)63(95)28(4)105-49)107-43-13-10-31(17-37(43)75)59(109-48-23-72(5,77)62(94)27(3)104-48)55-69(101)83-53(70(102)103)35-20-33(87)21-41(89)50(35)34-15-29(8-11-40(34)88)51(66(98)85-55)82-67(99)52(32)81-65(97)39(22-47(76)90)80-68(54)100/h8-13,15-21,26-28,38-39,46,48-49,51-59,61-63,71,79,86-89,91-95H,14,22-25,77-78H2,1-7H3,(H2,76,90)(H,80,100)(H,81,97)(H,82,99)(H,83,101)(H,84,96)(H,85,98)(H,102,103)/t27?,28?,38-,39+,46?,48?,49?,51-,52-,53+,54-,55-,56-,57?,58?,59-,61?,62?,63?,71?,72?,73?/m1/s1. The lowest BCUT2D eigenvalue weighted by atomic mass is 9.86. The van der Waals surface area contributed by atoms with E-state index in [4.69, 9.17) is 78.3 Å². The molecule has 0 spiro atoms. The van der Waals surface area contributed by atoms with E-state index in [2.05, 4.69) is 37.2 Å². The number of aromatic hydroxyl groups is 3. The topological polar surface area (TPSA) is 575 Å². The molecule has 36 nitrogen and oxygen atoms in total. The Kier molecular flexibility index (Phi) is 24.7. The van der Waals surface area contributed by atoms with E-state index < -0.39 is 261 Å². The zero-order chi connectivity index (χ0) is 80.9. The van der Waals surface area contributed by atoms with Crippen LogP contribution in [0.1, 0.15) is 125 Å². The number of carboxylic acids is 1. The van der Waals surface area contributed by atoms with Crippen molar-refractivity contribution in [3.05, 3.63) is 117 Å². The number of carbonyl (C=O) groups is 8. The number of benzene rings is 5. The lowest BCUT2D eigenvalue weighted by Crippen LogP contribution is -2.64. The first-order chi connectivity index (χ1) is 52.3. The van der Waals surface area contributed by atoms with Crippen LogP contribution in [0, 0.1) is 5.92 Å². The summed E-state index contributed by atoms with van der Waals surface area (Å²) in [6.45, 7) is 8.58. The van der Waals surface area contributed by atoms with E-state index in [-0.39, 0.29) is 52.6 Å². The van der Waals surface area contributed by atoms with Gasteiger partial charge in [0.1, 0.15) is 89.5 Å². The number of rotatable bonds is 15. The first-order valence-electron chi connectivity index (χ1n) is 35.3. The third kappa shape index (κ3) is 17.7. The first kappa shape index (κ1) is 82.6. The number of fused-ring (bicyclic) bond motifs is 15. The minimum absolute atomic E-state index is 0.110. The highest BCUT2D eigenvalue weighted by Gasteiger charge is 2.52. The molecule has 8 aliphatic rings. The van der Waals surface area contributed by atoms with Crippen molar-refractivity contribution in [1.82, 2.24) is 37.2 Å². The Hall–Kier alpha value is -9.32. The summed E-state index contributed by atoms with van der Waals surface area (Å²) in [4.78, 5) is 120. The molecule has 0 radical (unpaired) electrons. The second-order valence-corrected chi connectivity index (χ2v) is 30.1. The normalized spacial score (nSPS) is 32.1. The summed E-state index contributed by atoms with van der Waals surface area (Å²) in [6, 6.07) is -0.452. The van der Waals surface area contributed by atoms with Gasteiger partial charge >= 0.3 is 5.97 Å². The van der Waals surface area contributed by atoms with E-state index in [0.29, 0.717) is 0 Å². The molecule has 3 saturated heterocycles. The van der Waals surface area contributed by atoms with Crippen molar-refractivity contribution < 1.29 is 127 Å². The molecule has 23 N–H and O–H groups in total. The predicted octanol–water partition coefficient (Wildman–Crippen LogP) is 0.344. The maximum Gasteiger partial charge on any atom is 0.330 e. The molecule has 0 saturated carbocycles. The van der Waals surface area contributed by atoms with Crippen LogP contribution in [0.3, 0.4) is 0 Å². The zero-order valence-corrected chi connectivity index (χ0v) is 62.2. The largest absolute Gasteiger partial charge is 0.508 e. The van der Waals surface area contributed by atoms with E-state index >= 15 is 19.2 Å². The summed E-state index contributed by atoms with van der Waals surface area (Å²) < 4.78 is 51.7. The van der Waals surface area contributed by atoms with Crippen molar-refractivity contribution in [3.8, 4) is 57.1 Å². The third-order valence-electron chi connectivity index (χ3n) is 20.1. The molecule has 38 heteroatoms. The number of phenolic OH excluding ortho intramolecular Hbond substituents is 3. The Balaban J connectivity index is 1.19. The minimum Gasteiger partial charge on any atom is -0.508 e. The smallest absolute Gasteiger partial charge is 0.330 e. The van der Waals surface area contributed by atoms with Gasteiger partial charge in [0.05, 0.1) is 53.5 Å². The number of primary amides is 1. The summed E-state index contributed by atoms with van der Waals surface area (Å²) >= 11 is 14.5. The maximum absolute atomic E-state index is 16.4. The van der Waals surface area contributed by atoms with E-state index in [0.717, 1.165) is 48.5 Å². The minimum atomic E-state index is -2.38. The third-order valence-corrected chi connectivity index (χ3v) is 20.7. The van der Waals surface area contributed by atoms with Crippen LogP contribution in [0.15, 0.2) is 78.9 Å². The van der Waals surface area contributed by atoms with Gasteiger partial charge < -0.3 is 143 Å². The van der Waals surface area contributed by atoms with Gasteiger partial charge in [-0.3, -0.25) is 33.6 Å². The van der Waals surface area contributed by atoms with Gasteiger partial charge in [-0.1, -0.05) is 55.2 Å². The molecule has 0 aromatic heterocycles. The second-order valence-electron chi connectivity index (χ2n) is 29.3. The lowest BCUT2D eigenvalue weighted by Gasteiger charge is -2.47. The summed E-state index contributed by atoms with van der Waals surface area (Å²) in [5.74, 6) is -16.1. The van der Waals surface area contributed by atoms with Gasteiger partial charge in [-0.05, 0) is 124 Å². The van der Waals surface area contributed by atoms with Gasteiger partial charge in [-0.25, -0.2) is 4.79 Å². The number of hydrogen-bond acceptors (Lipinski definition) is 28. The van der Waals surface area contributed by atoms with Crippen molar-refractivity contribution in [3.63, 3.8) is 0 Å². The summed E-state index contributed by atoms with van der Waals surface area (Å²) in [6.07, 6.45) is -22.8. The number of carboxylic acid groups (broad SMARTS) is 1. The lowest BCUT2D eigenvalue weighted by molar-refractivity contribution is -0.333. The molecule has 5 aromatic rings. The number of halogens is 2. The Bertz CT molecular complexity index is 4420. The zero-order valence-electron chi connectivity index (χ0n) is 60.7. The maximum atomic E-state index is 16.4. The van der Waals surface area contributed by atoms with E-state index in [9.17, 15) is 70.2 Å². The van der Waals surface area contributed by atoms with Crippen molar-refractivity contribution in [2.45, 2.75) is 201 Å². The molecule has 8 aliphatic heterocycles. The number of aliphatic carboxylic acids is 1. The molecule has 11 bridgehead atoms. The molecule has 13 rings (SSSR count). The SMILES string of the molecule is CN[C@H](CC(C)C)C(=O)N[C@H]1C(=O)N[C@@H](CC(N)=O)C(=O)N[C@H]2C(=O)N[C@H]3C(=O)N[C@@H](C(=O)N[C@H](C(=O)O)c4cc(O)cc(O)c4-c4cc3ccc4O)[C@H](OC3CC(C)(N)C(O)C(C)O3)c3ccc(c(Cl)c3)Oc3cc2cc(c3OC2OC(CO)C(O)C(O)C2OC2CC(C)(N)C(O)C(C)O2)Oc2ccc(cc2Cl)[C@H]1O. The van der Waals surface area contributed by atoms with Crippen LogP contribution in [0.4, 0.5) is 0 Å². The van der Waals surface area contributed by atoms with Crippen LogP contribution in [0.25, 0.3) is 11.1 Å². The number of carbonyl (C=O) groups excluding carboxylic acids is 7. The summed E-state index contributed by atoms with van der Waals surface area (Å²) in [7, 11) is 1.47. The average molecular weight is 1590 g/mol. The number of nitrogens with one attached hydrogen (secondary N) is 7. The predicted molar refractivity (Wildman–Crippen MR) is 386 cm³/mol. The van der Waals surface area contributed by atoms with Crippen molar-refractivity contribution in [2.75, 3.05) is 13.7 Å². The Morgan fingerprint density at radius 3 is 1.79 bits per heavy atom. The molecule has 600 valence electrons. The van der Waals surface area contributed by atoms with Crippen LogP contribution in [0.5, 0.6) is 46.0 Å². The van der Waals surface area contributed by atoms with Gasteiger partial charge in [0.2, 0.25) is 53.4 Å². The number of ether oxygens (including phenoxy) is 8. The van der Waals surface area contributed by atoms with Gasteiger partial charge in [0.25, 0.3) is 0 Å². The molecule has 8 heterocycles. The molecule has 7 amide bonds.